The molecule has 0 atom stereocenters. The number of halogens is 1. The van der Waals surface area contributed by atoms with Gasteiger partial charge in [0.15, 0.2) is 0 Å². The molecule has 0 unspecified atom stereocenters. The van der Waals surface area contributed by atoms with Crippen molar-refractivity contribution in [1.82, 2.24) is 0 Å². The molecular weight excluding hydrogens is 424 g/mol. The van der Waals surface area contributed by atoms with Crippen molar-refractivity contribution in [2.75, 3.05) is 16.2 Å². The Hall–Kier alpha value is -3.03. The van der Waals surface area contributed by atoms with Gasteiger partial charge in [-0.2, -0.15) is 0 Å². The van der Waals surface area contributed by atoms with Crippen molar-refractivity contribution in [3.63, 3.8) is 0 Å². The van der Waals surface area contributed by atoms with Crippen molar-refractivity contribution >= 4 is 38.9 Å². The van der Waals surface area contributed by atoms with Crippen LogP contribution in [-0.4, -0.2) is 26.0 Å². The monoisotopic (exact) mass is 442 g/mol. The van der Waals surface area contributed by atoms with Gasteiger partial charge in [-0.25, -0.2) is 8.42 Å². The second kappa shape index (κ2) is 8.01. The van der Waals surface area contributed by atoms with Crippen LogP contribution >= 0.6 is 11.6 Å². The number of amides is 1. The maximum atomic E-state index is 13.4. The fourth-order valence-corrected chi connectivity index (χ4v) is 5.25. The molecule has 4 rings (SSSR count). The number of benzene rings is 3. The van der Waals surface area contributed by atoms with Crippen LogP contribution in [0.4, 0.5) is 11.4 Å². The second-order valence-corrected chi connectivity index (χ2v) is 9.19. The zero-order chi connectivity index (χ0) is 21.3. The molecule has 3 aromatic rings. The molecule has 0 bridgehead atoms. The van der Waals surface area contributed by atoms with E-state index < -0.39 is 15.9 Å². The van der Waals surface area contributed by atoms with Gasteiger partial charge in [0.2, 0.25) is 0 Å². The summed E-state index contributed by atoms with van der Waals surface area (Å²) in [6.45, 7) is 0.362. The summed E-state index contributed by atoms with van der Waals surface area (Å²) >= 11 is 6.18. The lowest BCUT2D eigenvalue weighted by Gasteiger charge is -2.30. The van der Waals surface area contributed by atoms with Crippen LogP contribution in [0, 0.1) is 0 Å². The van der Waals surface area contributed by atoms with E-state index in [4.69, 9.17) is 11.6 Å². The normalized spacial score (nSPS) is 13.6. The van der Waals surface area contributed by atoms with E-state index in [1.807, 2.05) is 12.1 Å². The highest BCUT2D eigenvalue weighted by molar-refractivity contribution is 7.92. The quantitative estimate of drug-likeness (QED) is 0.585. The minimum absolute atomic E-state index is 0.00582. The van der Waals surface area contributed by atoms with Crippen molar-refractivity contribution in [3.05, 3.63) is 82.9 Å². The van der Waals surface area contributed by atoms with E-state index in [2.05, 4.69) is 5.32 Å². The molecule has 8 heteroatoms. The number of nitrogens with one attached hydrogen (secondary N) is 1. The molecule has 0 saturated carbocycles. The van der Waals surface area contributed by atoms with Crippen LogP contribution in [0.15, 0.2) is 71.6 Å². The molecule has 0 saturated heterocycles. The Morgan fingerprint density at radius 2 is 1.77 bits per heavy atom. The van der Waals surface area contributed by atoms with Gasteiger partial charge in [0.05, 0.1) is 26.9 Å². The van der Waals surface area contributed by atoms with Gasteiger partial charge in [-0.1, -0.05) is 41.9 Å². The second-order valence-electron chi connectivity index (χ2n) is 6.92. The first kappa shape index (κ1) is 20.3. The standard InChI is InChI=1S/C22H19ClN2O4S/c23-18-12-11-16(14-17(18)22(27)24-19-8-2-4-10-21(19)26)30(28,29)25-13-5-7-15-6-1-3-9-20(15)25/h1-4,6,8-12,14,26H,5,7,13H2,(H,24,27). The Morgan fingerprint density at radius 3 is 2.57 bits per heavy atom. The molecule has 1 aliphatic heterocycles. The smallest absolute Gasteiger partial charge is 0.264 e. The summed E-state index contributed by atoms with van der Waals surface area (Å²) in [6, 6.07) is 17.7. The number of para-hydroxylation sites is 3. The third-order valence-corrected chi connectivity index (χ3v) is 7.13. The van der Waals surface area contributed by atoms with E-state index in [0.717, 1.165) is 12.0 Å². The lowest BCUT2D eigenvalue weighted by molar-refractivity contribution is 0.102. The molecule has 1 amide bonds. The molecule has 3 aromatic carbocycles. The van der Waals surface area contributed by atoms with Crippen LogP contribution in [-0.2, 0) is 16.4 Å². The number of hydrogen-bond acceptors (Lipinski definition) is 4. The summed E-state index contributed by atoms with van der Waals surface area (Å²) in [6.07, 6.45) is 1.53. The van der Waals surface area contributed by atoms with Gasteiger partial charge in [-0.15, -0.1) is 0 Å². The SMILES string of the molecule is O=C(Nc1ccccc1O)c1cc(S(=O)(=O)N2CCCc3ccccc32)ccc1Cl. The van der Waals surface area contributed by atoms with E-state index >= 15 is 0 Å². The molecule has 0 fully saturated rings. The number of fused-ring (bicyclic) bond motifs is 1. The Labute approximate surface area is 179 Å². The summed E-state index contributed by atoms with van der Waals surface area (Å²) in [4.78, 5) is 12.7. The first-order valence-corrected chi connectivity index (χ1v) is 11.2. The van der Waals surface area contributed by atoms with Gasteiger partial charge in [0, 0.05) is 6.54 Å². The Balaban J connectivity index is 1.70. The molecule has 0 aromatic heterocycles. The van der Waals surface area contributed by atoms with Crippen LogP contribution in [0.25, 0.3) is 0 Å². The highest BCUT2D eigenvalue weighted by atomic mass is 35.5. The molecule has 154 valence electrons. The summed E-state index contributed by atoms with van der Waals surface area (Å²) in [5.74, 6) is -0.715. The number of phenolic OH excluding ortho intramolecular Hbond substituents is 1. The topological polar surface area (TPSA) is 86.7 Å². The number of rotatable bonds is 4. The average Bonchev–Trinajstić information content (AvgIpc) is 2.75. The van der Waals surface area contributed by atoms with E-state index in [0.29, 0.717) is 18.7 Å². The maximum Gasteiger partial charge on any atom is 0.264 e. The van der Waals surface area contributed by atoms with Crippen LogP contribution < -0.4 is 9.62 Å². The van der Waals surface area contributed by atoms with E-state index in [-0.39, 0.29) is 26.9 Å². The number of nitrogens with zero attached hydrogens (tertiary/aromatic N) is 1. The number of aryl methyl sites for hydroxylation is 1. The molecule has 6 nitrogen and oxygen atoms in total. The lowest BCUT2D eigenvalue weighted by Crippen LogP contribution is -2.35. The Morgan fingerprint density at radius 1 is 1.03 bits per heavy atom. The van der Waals surface area contributed by atoms with Crippen LogP contribution in [0.3, 0.4) is 0 Å². The summed E-state index contributed by atoms with van der Waals surface area (Å²) in [7, 11) is -3.88. The van der Waals surface area contributed by atoms with E-state index in [9.17, 15) is 18.3 Å². The number of carbonyl (C=O) groups excluding carboxylic acids is 1. The minimum atomic E-state index is -3.88. The zero-order valence-corrected chi connectivity index (χ0v) is 17.4. The van der Waals surface area contributed by atoms with Gasteiger partial charge >= 0.3 is 0 Å². The van der Waals surface area contributed by atoms with Crippen molar-refractivity contribution in [3.8, 4) is 5.75 Å². The van der Waals surface area contributed by atoms with Crippen molar-refractivity contribution in [1.29, 1.82) is 0 Å². The van der Waals surface area contributed by atoms with Crippen LogP contribution in [0.1, 0.15) is 22.3 Å². The van der Waals surface area contributed by atoms with E-state index in [1.54, 1.807) is 24.3 Å². The van der Waals surface area contributed by atoms with Crippen LogP contribution in [0.5, 0.6) is 5.75 Å². The number of sulfonamides is 1. The van der Waals surface area contributed by atoms with Crippen LogP contribution in [0.2, 0.25) is 5.02 Å². The van der Waals surface area contributed by atoms with Gasteiger partial charge in [0.25, 0.3) is 15.9 Å². The fraction of sp³-hybridized carbons (Fsp3) is 0.136. The van der Waals surface area contributed by atoms with Gasteiger partial charge < -0.3 is 10.4 Å². The molecule has 0 spiro atoms. The lowest BCUT2D eigenvalue weighted by atomic mass is 10.0. The highest BCUT2D eigenvalue weighted by Crippen LogP contribution is 2.33. The first-order valence-electron chi connectivity index (χ1n) is 9.37. The van der Waals surface area contributed by atoms with Gasteiger partial charge in [0.1, 0.15) is 5.75 Å². The number of aromatic hydroxyl groups is 1. The average molecular weight is 443 g/mol. The minimum Gasteiger partial charge on any atom is -0.506 e. The summed E-state index contributed by atoms with van der Waals surface area (Å²) in [5.41, 5.74) is 1.83. The van der Waals surface area contributed by atoms with E-state index in [1.165, 1.54) is 34.6 Å². The number of phenols is 1. The molecule has 2 N–H and O–H groups in total. The van der Waals surface area contributed by atoms with Gasteiger partial charge in [-0.05, 0) is 54.8 Å². The number of carbonyl (C=O) groups is 1. The zero-order valence-electron chi connectivity index (χ0n) is 15.9. The highest BCUT2D eigenvalue weighted by Gasteiger charge is 2.30. The van der Waals surface area contributed by atoms with Crippen molar-refractivity contribution in [2.45, 2.75) is 17.7 Å². The molecule has 0 aliphatic carbocycles. The number of hydrogen-bond donors (Lipinski definition) is 2. The molecule has 1 aliphatic rings. The largest absolute Gasteiger partial charge is 0.506 e. The Bertz CT molecular complexity index is 1230. The third-order valence-electron chi connectivity index (χ3n) is 4.99. The molecule has 0 radical (unpaired) electrons. The first-order chi connectivity index (χ1) is 14.4. The molecular formula is C22H19ClN2O4S. The van der Waals surface area contributed by atoms with Crippen molar-refractivity contribution in [2.24, 2.45) is 0 Å². The van der Waals surface area contributed by atoms with Gasteiger partial charge in [-0.3, -0.25) is 9.10 Å². The summed E-state index contributed by atoms with van der Waals surface area (Å²) < 4.78 is 28.1. The maximum absolute atomic E-state index is 13.4. The predicted octanol–water partition coefficient (Wildman–Crippen LogP) is 4.44. The fourth-order valence-electron chi connectivity index (χ4n) is 3.48. The summed E-state index contributed by atoms with van der Waals surface area (Å²) in [5, 5.41) is 12.5. The molecule has 30 heavy (non-hydrogen) atoms. The third kappa shape index (κ3) is 3.74. The molecule has 1 heterocycles. The predicted molar refractivity (Wildman–Crippen MR) is 117 cm³/mol. The number of anilines is 2. The Kier molecular flexibility index (Phi) is 5.40. The van der Waals surface area contributed by atoms with Crippen molar-refractivity contribution < 1.29 is 18.3 Å².